The summed E-state index contributed by atoms with van der Waals surface area (Å²) in [5.74, 6) is 2.75. The largest absolute Gasteiger partial charge is 0.383 e. The lowest BCUT2D eigenvalue weighted by Crippen LogP contribution is -2.27. The summed E-state index contributed by atoms with van der Waals surface area (Å²) in [5.41, 5.74) is 1.01. The molecule has 0 amide bonds. The zero-order valence-electron chi connectivity index (χ0n) is 13.9. The number of hydrogen-bond donors (Lipinski definition) is 1. The Bertz CT molecular complexity index is 440. The van der Waals surface area contributed by atoms with Gasteiger partial charge in [0.25, 0.3) is 0 Å². The molecule has 1 aromatic rings. The summed E-state index contributed by atoms with van der Waals surface area (Å²) in [6, 6.07) is 0. The molecule has 0 spiro atoms. The van der Waals surface area contributed by atoms with Crippen molar-refractivity contribution in [3.05, 3.63) is 11.4 Å². The summed E-state index contributed by atoms with van der Waals surface area (Å²) in [6.07, 6.45) is 0. The minimum Gasteiger partial charge on any atom is -0.383 e. The maximum absolute atomic E-state index is 5.15. The van der Waals surface area contributed by atoms with E-state index in [0.717, 1.165) is 36.1 Å². The highest BCUT2D eigenvalue weighted by Crippen LogP contribution is 2.27. The lowest BCUT2D eigenvalue weighted by Gasteiger charge is -2.25. The molecule has 0 aliphatic heterocycles. The van der Waals surface area contributed by atoms with E-state index in [2.05, 4.69) is 49.8 Å². The third-order valence-electron chi connectivity index (χ3n) is 3.13. The van der Waals surface area contributed by atoms with Crippen molar-refractivity contribution in [2.75, 3.05) is 44.1 Å². The van der Waals surface area contributed by atoms with Crippen LogP contribution in [0.2, 0.25) is 0 Å². The third kappa shape index (κ3) is 4.07. The minimum atomic E-state index is -0.0747. The van der Waals surface area contributed by atoms with Gasteiger partial charge < -0.3 is 15.0 Å². The molecule has 0 bridgehead atoms. The Balaban J connectivity index is 3.23. The fourth-order valence-electron chi connectivity index (χ4n) is 1.89. The fraction of sp³-hybridized carbons (Fsp3) is 0.733. The quantitative estimate of drug-likeness (QED) is 0.868. The molecule has 0 fully saturated rings. The van der Waals surface area contributed by atoms with Crippen LogP contribution >= 0.6 is 0 Å². The highest BCUT2D eigenvalue weighted by molar-refractivity contribution is 5.58. The molecule has 20 heavy (non-hydrogen) atoms. The maximum atomic E-state index is 5.15. The van der Waals surface area contributed by atoms with E-state index in [-0.39, 0.29) is 5.41 Å². The van der Waals surface area contributed by atoms with Gasteiger partial charge in [-0.25, -0.2) is 9.97 Å². The van der Waals surface area contributed by atoms with Crippen LogP contribution in [0.4, 0.5) is 11.6 Å². The summed E-state index contributed by atoms with van der Waals surface area (Å²) in [5, 5.41) is 3.33. The van der Waals surface area contributed by atoms with Crippen molar-refractivity contribution in [1.82, 2.24) is 9.97 Å². The van der Waals surface area contributed by atoms with E-state index in [0.29, 0.717) is 6.61 Å². The van der Waals surface area contributed by atoms with Crippen LogP contribution in [0.25, 0.3) is 0 Å². The molecule has 0 aromatic carbocycles. The van der Waals surface area contributed by atoms with Gasteiger partial charge in [-0.2, -0.15) is 0 Å². The second kappa shape index (κ2) is 6.88. The summed E-state index contributed by atoms with van der Waals surface area (Å²) >= 11 is 0. The summed E-state index contributed by atoms with van der Waals surface area (Å²) in [7, 11) is 3.75. The molecule has 1 rings (SSSR count). The third-order valence-corrected chi connectivity index (χ3v) is 3.13. The van der Waals surface area contributed by atoms with E-state index in [4.69, 9.17) is 9.72 Å². The molecule has 0 saturated carbocycles. The molecule has 0 aliphatic carbocycles. The van der Waals surface area contributed by atoms with Crippen LogP contribution in [0, 0.1) is 6.92 Å². The zero-order chi connectivity index (χ0) is 15.3. The second-order valence-corrected chi connectivity index (χ2v) is 6.04. The van der Waals surface area contributed by atoms with Crippen molar-refractivity contribution in [2.24, 2.45) is 0 Å². The summed E-state index contributed by atoms with van der Waals surface area (Å²) < 4.78 is 5.15. The number of methoxy groups -OCH3 is 1. The van der Waals surface area contributed by atoms with Crippen molar-refractivity contribution in [2.45, 2.75) is 40.0 Å². The summed E-state index contributed by atoms with van der Waals surface area (Å²) in [6.45, 7) is 12.9. The molecule has 0 saturated heterocycles. The summed E-state index contributed by atoms with van der Waals surface area (Å²) in [4.78, 5) is 11.6. The van der Waals surface area contributed by atoms with Crippen molar-refractivity contribution >= 4 is 11.6 Å². The van der Waals surface area contributed by atoms with Gasteiger partial charge in [-0.1, -0.05) is 20.8 Å². The molecule has 5 heteroatoms. The number of aromatic nitrogens is 2. The average Bonchev–Trinajstić information content (AvgIpc) is 2.37. The lowest BCUT2D eigenvalue weighted by molar-refractivity contribution is 0.206. The van der Waals surface area contributed by atoms with E-state index < -0.39 is 0 Å². The molecule has 5 nitrogen and oxygen atoms in total. The van der Waals surface area contributed by atoms with Gasteiger partial charge in [0.15, 0.2) is 0 Å². The topological polar surface area (TPSA) is 50.3 Å². The second-order valence-electron chi connectivity index (χ2n) is 6.04. The number of hydrogen-bond acceptors (Lipinski definition) is 5. The van der Waals surface area contributed by atoms with E-state index in [1.807, 2.05) is 7.05 Å². The van der Waals surface area contributed by atoms with Gasteiger partial charge in [-0.05, 0) is 13.8 Å². The van der Waals surface area contributed by atoms with Gasteiger partial charge in [0.1, 0.15) is 17.5 Å². The van der Waals surface area contributed by atoms with E-state index >= 15 is 0 Å². The number of likely N-dealkylation sites (N-methyl/N-ethyl adjacent to an activating group) is 1. The molecule has 1 N–H and O–H groups in total. The Morgan fingerprint density at radius 2 is 1.90 bits per heavy atom. The molecular formula is C15H28N4O. The van der Waals surface area contributed by atoms with Crippen LogP contribution in [-0.2, 0) is 10.2 Å². The van der Waals surface area contributed by atoms with Crippen molar-refractivity contribution in [1.29, 1.82) is 0 Å². The molecule has 114 valence electrons. The van der Waals surface area contributed by atoms with Gasteiger partial charge in [-0.15, -0.1) is 0 Å². The smallest absolute Gasteiger partial charge is 0.138 e. The first kappa shape index (κ1) is 16.7. The van der Waals surface area contributed by atoms with Gasteiger partial charge in [-0.3, -0.25) is 0 Å². The molecule has 0 atom stereocenters. The first-order valence-corrected chi connectivity index (χ1v) is 7.14. The Hall–Kier alpha value is -1.36. The molecule has 0 unspecified atom stereocenters. The van der Waals surface area contributed by atoms with E-state index in [1.54, 1.807) is 7.11 Å². The van der Waals surface area contributed by atoms with Crippen LogP contribution < -0.4 is 10.2 Å². The Morgan fingerprint density at radius 1 is 1.25 bits per heavy atom. The first-order chi connectivity index (χ1) is 9.31. The number of anilines is 2. The average molecular weight is 280 g/mol. The van der Waals surface area contributed by atoms with E-state index in [9.17, 15) is 0 Å². The lowest BCUT2D eigenvalue weighted by atomic mass is 9.95. The van der Waals surface area contributed by atoms with Gasteiger partial charge in [0.2, 0.25) is 0 Å². The number of rotatable bonds is 6. The Morgan fingerprint density at radius 3 is 2.40 bits per heavy atom. The highest BCUT2D eigenvalue weighted by atomic mass is 16.5. The van der Waals surface area contributed by atoms with Crippen LogP contribution in [0.5, 0.6) is 0 Å². The monoisotopic (exact) mass is 280 g/mol. The van der Waals surface area contributed by atoms with Crippen LogP contribution in [0.1, 0.15) is 39.1 Å². The van der Waals surface area contributed by atoms with Crippen LogP contribution in [0.3, 0.4) is 0 Å². The van der Waals surface area contributed by atoms with E-state index in [1.165, 1.54) is 0 Å². The molecule has 0 aliphatic rings. The van der Waals surface area contributed by atoms with Crippen molar-refractivity contribution < 1.29 is 4.74 Å². The standard InChI is InChI=1S/C15H28N4O/c1-8-16-12-11(2)13(19(6)9-10-20-7)18-14(17-12)15(3,4)5/h8-10H2,1-7H3,(H,16,17,18). The highest BCUT2D eigenvalue weighted by Gasteiger charge is 2.22. The molecular weight excluding hydrogens is 252 g/mol. The molecule has 0 radical (unpaired) electrons. The van der Waals surface area contributed by atoms with Crippen LogP contribution in [0.15, 0.2) is 0 Å². The van der Waals surface area contributed by atoms with Gasteiger partial charge in [0.05, 0.1) is 6.61 Å². The zero-order valence-corrected chi connectivity index (χ0v) is 13.9. The maximum Gasteiger partial charge on any atom is 0.138 e. The normalized spacial score (nSPS) is 11.6. The number of ether oxygens (including phenoxy) is 1. The first-order valence-electron chi connectivity index (χ1n) is 7.14. The predicted molar refractivity (Wildman–Crippen MR) is 84.8 cm³/mol. The fourth-order valence-corrected chi connectivity index (χ4v) is 1.89. The molecule has 1 heterocycles. The Labute approximate surface area is 122 Å². The SMILES string of the molecule is CCNc1nc(C(C)(C)C)nc(N(C)CCOC)c1C. The number of nitrogens with one attached hydrogen (secondary N) is 1. The number of nitrogens with zero attached hydrogens (tertiary/aromatic N) is 3. The minimum absolute atomic E-state index is 0.0747. The van der Waals surface area contributed by atoms with Gasteiger partial charge >= 0.3 is 0 Å². The van der Waals surface area contributed by atoms with Gasteiger partial charge in [0, 0.05) is 38.2 Å². The Kier molecular flexibility index (Phi) is 5.74. The predicted octanol–water partition coefficient (Wildman–Crippen LogP) is 2.60. The van der Waals surface area contributed by atoms with Crippen molar-refractivity contribution in [3.63, 3.8) is 0 Å². The van der Waals surface area contributed by atoms with Crippen molar-refractivity contribution in [3.8, 4) is 0 Å². The van der Waals surface area contributed by atoms with Crippen LogP contribution in [-0.4, -0.2) is 43.8 Å². The molecule has 1 aromatic heterocycles.